The number of thioether (sulfide) groups is 1. The highest BCUT2D eigenvalue weighted by Crippen LogP contribution is 2.30. The first-order chi connectivity index (χ1) is 15.1. The van der Waals surface area contributed by atoms with Gasteiger partial charge in [0.2, 0.25) is 5.91 Å². The Morgan fingerprint density at radius 1 is 1.09 bits per heavy atom. The van der Waals surface area contributed by atoms with Gasteiger partial charge in [-0.05, 0) is 65.0 Å². The average molecular weight is 474 g/mol. The number of nitrogens with zero attached hydrogens (tertiary/aromatic N) is 3. The first kappa shape index (κ1) is 24.1. The van der Waals surface area contributed by atoms with E-state index >= 15 is 0 Å². The van der Waals surface area contributed by atoms with Crippen molar-refractivity contribution in [3.05, 3.63) is 57.8 Å². The molecule has 3 aromatic rings. The zero-order valence-electron chi connectivity index (χ0n) is 19.1. The minimum atomic E-state index is -0.437. The van der Waals surface area contributed by atoms with E-state index in [1.807, 2.05) is 45.6 Å². The van der Waals surface area contributed by atoms with Crippen LogP contribution in [0, 0.1) is 0 Å². The number of fused-ring (bicyclic) bond motifs is 1. The number of aromatic nitrogens is 2. The number of carbonyl (C=O) groups is 1. The van der Waals surface area contributed by atoms with Crippen LogP contribution < -0.4 is 10.3 Å². The molecule has 6 nitrogen and oxygen atoms in total. The summed E-state index contributed by atoms with van der Waals surface area (Å²) in [5.74, 6) is 0.515. The van der Waals surface area contributed by atoms with Gasteiger partial charge in [0.1, 0.15) is 5.75 Å². The van der Waals surface area contributed by atoms with E-state index in [1.165, 1.54) is 23.4 Å². The number of hydrogen-bond donors (Lipinski definition) is 0. The van der Waals surface area contributed by atoms with Crippen LogP contribution in [0.2, 0.25) is 5.02 Å². The molecule has 3 rings (SSSR count). The average Bonchev–Trinajstić information content (AvgIpc) is 2.73. The minimum Gasteiger partial charge on any atom is -0.495 e. The summed E-state index contributed by atoms with van der Waals surface area (Å²) in [6.07, 6.45) is 0. The van der Waals surface area contributed by atoms with Gasteiger partial charge in [-0.25, -0.2) is 4.98 Å². The van der Waals surface area contributed by atoms with Crippen molar-refractivity contribution >= 4 is 40.2 Å². The molecule has 0 aliphatic carbocycles. The first-order valence-electron chi connectivity index (χ1n) is 10.5. The van der Waals surface area contributed by atoms with Crippen LogP contribution in [0.15, 0.2) is 52.4 Å². The topological polar surface area (TPSA) is 64.4 Å². The summed E-state index contributed by atoms with van der Waals surface area (Å²) in [5.41, 5.74) is 0.925. The van der Waals surface area contributed by atoms with Crippen LogP contribution in [-0.4, -0.2) is 44.8 Å². The van der Waals surface area contributed by atoms with E-state index in [0.29, 0.717) is 32.5 Å². The van der Waals surface area contributed by atoms with Crippen LogP contribution in [0.3, 0.4) is 0 Å². The third-order valence-electron chi connectivity index (χ3n) is 5.14. The maximum absolute atomic E-state index is 13.5. The second-order valence-corrected chi connectivity index (χ2v) is 9.78. The smallest absolute Gasteiger partial charge is 0.266 e. The van der Waals surface area contributed by atoms with Gasteiger partial charge in [-0.1, -0.05) is 35.5 Å². The second-order valence-electron chi connectivity index (χ2n) is 8.06. The van der Waals surface area contributed by atoms with Crippen molar-refractivity contribution in [2.24, 2.45) is 0 Å². The number of halogens is 1. The summed E-state index contributed by atoms with van der Waals surface area (Å²) in [7, 11) is 1.54. The van der Waals surface area contributed by atoms with Crippen molar-refractivity contribution in [1.29, 1.82) is 0 Å². The highest BCUT2D eigenvalue weighted by Gasteiger charge is 2.27. The molecule has 2 aromatic carbocycles. The van der Waals surface area contributed by atoms with Gasteiger partial charge in [-0.2, -0.15) is 0 Å². The summed E-state index contributed by atoms with van der Waals surface area (Å²) in [4.78, 5) is 33.3. The Morgan fingerprint density at radius 3 is 2.34 bits per heavy atom. The van der Waals surface area contributed by atoms with Crippen LogP contribution in [0.25, 0.3) is 16.6 Å². The van der Waals surface area contributed by atoms with Crippen LogP contribution >= 0.6 is 23.4 Å². The van der Waals surface area contributed by atoms with E-state index in [1.54, 1.807) is 36.4 Å². The Bertz CT molecular complexity index is 1180. The maximum atomic E-state index is 13.5. The lowest BCUT2D eigenvalue weighted by atomic mass is 10.2. The molecule has 32 heavy (non-hydrogen) atoms. The van der Waals surface area contributed by atoms with Crippen LogP contribution in [0.4, 0.5) is 0 Å². The molecule has 1 heterocycles. The molecule has 0 N–H and O–H groups in total. The zero-order chi connectivity index (χ0) is 23.6. The Balaban J connectivity index is 2.13. The lowest BCUT2D eigenvalue weighted by Gasteiger charge is -2.33. The quantitative estimate of drug-likeness (QED) is 0.349. The molecule has 0 bridgehead atoms. The third kappa shape index (κ3) is 4.79. The standard InChI is InChI=1S/C24H28ClN3O3S/c1-14(2)27(15(3)4)22(29)16(5)32-24-26-20-10-8-7-9-18(20)23(30)28(24)17-11-12-21(31-6)19(25)13-17/h7-16H,1-6H3/t16-/m0/s1. The normalized spacial score (nSPS) is 12.4. The molecule has 0 spiro atoms. The predicted octanol–water partition coefficient (Wildman–Crippen LogP) is 5.17. The van der Waals surface area contributed by atoms with Crippen molar-refractivity contribution < 1.29 is 9.53 Å². The Labute approximate surface area is 197 Å². The van der Waals surface area contributed by atoms with Crippen molar-refractivity contribution in [2.75, 3.05) is 7.11 Å². The number of carbonyl (C=O) groups excluding carboxylic acids is 1. The van der Waals surface area contributed by atoms with E-state index in [9.17, 15) is 9.59 Å². The van der Waals surface area contributed by atoms with Gasteiger partial charge in [-0.15, -0.1) is 0 Å². The molecule has 0 saturated carbocycles. The Kier molecular flexibility index (Phi) is 7.51. The van der Waals surface area contributed by atoms with Crippen LogP contribution in [-0.2, 0) is 4.79 Å². The van der Waals surface area contributed by atoms with Crippen molar-refractivity contribution in [1.82, 2.24) is 14.5 Å². The number of benzene rings is 2. The maximum Gasteiger partial charge on any atom is 0.266 e. The van der Waals surface area contributed by atoms with Gasteiger partial charge >= 0.3 is 0 Å². The fourth-order valence-corrected chi connectivity index (χ4v) is 4.97. The highest BCUT2D eigenvalue weighted by atomic mass is 35.5. The Morgan fingerprint density at radius 2 is 1.75 bits per heavy atom. The molecule has 1 amide bonds. The molecule has 1 aromatic heterocycles. The number of ether oxygens (including phenoxy) is 1. The molecular weight excluding hydrogens is 446 g/mol. The number of amides is 1. The van der Waals surface area contributed by atoms with Gasteiger partial charge in [0.25, 0.3) is 5.56 Å². The summed E-state index contributed by atoms with van der Waals surface area (Å²) in [6.45, 7) is 9.84. The molecule has 0 aliphatic rings. The fraction of sp³-hybridized carbons (Fsp3) is 0.375. The summed E-state index contributed by atoms with van der Waals surface area (Å²) in [6, 6.07) is 12.5. The molecular formula is C24H28ClN3O3S. The summed E-state index contributed by atoms with van der Waals surface area (Å²) < 4.78 is 6.75. The van der Waals surface area contributed by atoms with Crippen molar-refractivity contribution in [3.63, 3.8) is 0 Å². The minimum absolute atomic E-state index is 0.00159. The summed E-state index contributed by atoms with van der Waals surface area (Å²) in [5, 5.41) is 0.876. The fourth-order valence-electron chi connectivity index (χ4n) is 3.74. The van der Waals surface area contributed by atoms with Gasteiger partial charge in [-0.3, -0.25) is 14.2 Å². The lowest BCUT2D eigenvalue weighted by Crippen LogP contribution is -2.45. The third-order valence-corrected chi connectivity index (χ3v) is 6.47. The zero-order valence-corrected chi connectivity index (χ0v) is 20.7. The van der Waals surface area contributed by atoms with E-state index in [4.69, 9.17) is 21.3 Å². The largest absolute Gasteiger partial charge is 0.495 e. The van der Waals surface area contributed by atoms with Crippen molar-refractivity contribution in [2.45, 2.75) is 57.1 Å². The lowest BCUT2D eigenvalue weighted by molar-refractivity contribution is -0.133. The van der Waals surface area contributed by atoms with E-state index < -0.39 is 5.25 Å². The van der Waals surface area contributed by atoms with E-state index in [0.717, 1.165) is 0 Å². The number of para-hydroxylation sites is 1. The van der Waals surface area contributed by atoms with Crippen LogP contribution in [0.5, 0.6) is 5.75 Å². The molecule has 170 valence electrons. The molecule has 0 aliphatic heterocycles. The van der Waals surface area contributed by atoms with Crippen LogP contribution in [0.1, 0.15) is 34.6 Å². The van der Waals surface area contributed by atoms with Gasteiger partial charge < -0.3 is 9.64 Å². The summed E-state index contributed by atoms with van der Waals surface area (Å²) >= 11 is 7.61. The van der Waals surface area contributed by atoms with E-state index in [2.05, 4.69) is 0 Å². The molecule has 0 fully saturated rings. The number of hydrogen-bond acceptors (Lipinski definition) is 5. The van der Waals surface area contributed by atoms with Gasteiger partial charge in [0.05, 0.1) is 34.0 Å². The van der Waals surface area contributed by atoms with Gasteiger partial charge in [0.15, 0.2) is 5.16 Å². The predicted molar refractivity (Wildman–Crippen MR) is 131 cm³/mol. The molecule has 0 unspecified atom stereocenters. The molecule has 1 atom stereocenters. The Hall–Kier alpha value is -2.51. The van der Waals surface area contributed by atoms with E-state index in [-0.39, 0.29) is 23.6 Å². The van der Waals surface area contributed by atoms with Gasteiger partial charge in [0, 0.05) is 12.1 Å². The second kappa shape index (κ2) is 9.96. The SMILES string of the molecule is COc1ccc(-n2c(S[C@@H](C)C(=O)N(C(C)C)C(C)C)nc3ccccc3c2=O)cc1Cl. The number of rotatable bonds is 7. The number of methoxy groups -OCH3 is 1. The molecule has 8 heteroatoms. The molecule has 0 radical (unpaired) electrons. The first-order valence-corrected chi connectivity index (χ1v) is 11.8. The monoisotopic (exact) mass is 473 g/mol. The molecule has 0 saturated heterocycles. The van der Waals surface area contributed by atoms with Crippen molar-refractivity contribution in [3.8, 4) is 11.4 Å². The highest BCUT2D eigenvalue weighted by molar-refractivity contribution is 8.00.